The molecule has 0 spiro atoms. The average molecular weight is 411 g/mol. The van der Waals surface area contributed by atoms with Crippen molar-refractivity contribution in [1.29, 1.82) is 0 Å². The third-order valence-electron chi connectivity index (χ3n) is 5.48. The van der Waals surface area contributed by atoms with Crippen molar-refractivity contribution < 1.29 is 0 Å². The molecule has 1 saturated heterocycles. The van der Waals surface area contributed by atoms with Gasteiger partial charge in [0.15, 0.2) is 5.11 Å². The minimum absolute atomic E-state index is 0.154. The maximum Gasteiger partial charge on any atom is 0.184 e. The largest absolute Gasteiger partial charge is 0.375 e. The number of hydrazone groups is 1. The van der Waals surface area contributed by atoms with E-state index in [1.165, 1.54) is 12.8 Å². The molecular weight excluding hydrogens is 380 g/mol. The minimum atomic E-state index is 0.154. The van der Waals surface area contributed by atoms with Crippen molar-refractivity contribution in [2.24, 2.45) is 10.8 Å². The van der Waals surface area contributed by atoms with Crippen molar-refractivity contribution in [3.8, 4) is 11.1 Å². The molecular formula is C22H30N6S. The molecule has 1 aromatic carbocycles. The van der Waals surface area contributed by atoms with Crippen LogP contribution in [0.5, 0.6) is 0 Å². The van der Waals surface area contributed by atoms with Crippen LogP contribution in [0.2, 0.25) is 0 Å². The lowest BCUT2D eigenvalue weighted by molar-refractivity contribution is 0.175. The molecule has 1 fully saturated rings. The molecule has 1 aliphatic rings. The van der Waals surface area contributed by atoms with Gasteiger partial charge in [-0.05, 0) is 48.3 Å². The summed E-state index contributed by atoms with van der Waals surface area (Å²) in [6.07, 6.45) is 6.10. The number of anilines is 1. The molecule has 0 unspecified atom stereocenters. The van der Waals surface area contributed by atoms with Crippen LogP contribution in [-0.4, -0.2) is 53.4 Å². The van der Waals surface area contributed by atoms with Gasteiger partial charge in [0.05, 0.1) is 6.21 Å². The van der Waals surface area contributed by atoms with E-state index in [-0.39, 0.29) is 5.11 Å². The van der Waals surface area contributed by atoms with Gasteiger partial charge < -0.3 is 10.6 Å². The Kier molecular flexibility index (Phi) is 7.55. The van der Waals surface area contributed by atoms with Crippen molar-refractivity contribution in [3.05, 3.63) is 48.2 Å². The number of nitrogens with two attached hydrogens (primary N) is 1. The van der Waals surface area contributed by atoms with Crippen LogP contribution in [0.4, 0.5) is 5.82 Å². The van der Waals surface area contributed by atoms with Crippen molar-refractivity contribution in [3.63, 3.8) is 0 Å². The molecule has 6 nitrogen and oxygen atoms in total. The zero-order valence-electron chi connectivity index (χ0n) is 17.2. The van der Waals surface area contributed by atoms with Crippen LogP contribution in [0, 0.1) is 0 Å². The predicted molar refractivity (Wildman–Crippen MR) is 125 cm³/mol. The van der Waals surface area contributed by atoms with Gasteiger partial charge in [-0.1, -0.05) is 38.1 Å². The first-order valence-corrected chi connectivity index (χ1v) is 10.7. The highest BCUT2D eigenvalue weighted by molar-refractivity contribution is 7.80. The van der Waals surface area contributed by atoms with Crippen LogP contribution in [-0.2, 0) is 0 Å². The maximum absolute atomic E-state index is 5.35. The SMILES string of the molecule is CCC(CC)N1CCN(c2ccc(-c3ccc(/C=N/NC(N)=S)cc3)cn2)CC1. The van der Waals surface area contributed by atoms with Crippen LogP contribution < -0.4 is 16.1 Å². The van der Waals surface area contributed by atoms with Crippen LogP contribution in [0.25, 0.3) is 11.1 Å². The van der Waals surface area contributed by atoms with E-state index in [9.17, 15) is 0 Å². The molecule has 29 heavy (non-hydrogen) atoms. The lowest BCUT2D eigenvalue weighted by Crippen LogP contribution is -2.50. The van der Waals surface area contributed by atoms with Gasteiger partial charge in [0, 0.05) is 44.0 Å². The summed E-state index contributed by atoms with van der Waals surface area (Å²) in [4.78, 5) is 9.73. The fraction of sp³-hybridized carbons (Fsp3) is 0.409. The molecule has 0 amide bonds. The fourth-order valence-electron chi connectivity index (χ4n) is 3.80. The average Bonchev–Trinajstić information content (AvgIpc) is 2.76. The second-order valence-electron chi connectivity index (χ2n) is 7.25. The first-order chi connectivity index (χ1) is 14.1. The first kappa shape index (κ1) is 21.2. The summed E-state index contributed by atoms with van der Waals surface area (Å²) in [5, 5.41) is 4.13. The third kappa shape index (κ3) is 5.74. The van der Waals surface area contributed by atoms with Crippen molar-refractivity contribution >= 4 is 29.4 Å². The number of pyridine rings is 1. The zero-order chi connectivity index (χ0) is 20.6. The topological polar surface area (TPSA) is 69.8 Å². The van der Waals surface area contributed by atoms with Crippen molar-refractivity contribution in [1.82, 2.24) is 15.3 Å². The van der Waals surface area contributed by atoms with E-state index in [0.717, 1.165) is 48.7 Å². The molecule has 1 aromatic heterocycles. The van der Waals surface area contributed by atoms with Gasteiger partial charge in [-0.3, -0.25) is 10.3 Å². The summed E-state index contributed by atoms with van der Waals surface area (Å²) in [5.74, 6) is 1.06. The van der Waals surface area contributed by atoms with Gasteiger partial charge in [0.2, 0.25) is 0 Å². The summed E-state index contributed by atoms with van der Waals surface area (Å²) in [6, 6.07) is 13.1. The van der Waals surface area contributed by atoms with E-state index in [2.05, 4.69) is 58.4 Å². The summed E-state index contributed by atoms with van der Waals surface area (Å²) in [7, 11) is 0. The van der Waals surface area contributed by atoms with Gasteiger partial charge in [-0.15, -0.1) is 0 Å². The van der Waals surface area contributed by atoms with E-state index in [4.69, 9.17) is 22.9 Å². The number of nitrogens with zero attached hydrogens (tertiary/aromatic N) is 4. The second kappa shape index (κ2) is 10.3. The normalized spacial score (nSPS) is 15.2. The van der Waals surface area contributed by atoms with E-state index in [1.54, 1.807) is 6.21 Å². The third-order valence-corrected chi connectivity index (χ3v) is 5.57. The van der Waals surface area contributed by atoms with Gasteiger partial charge >= 0.3 is 0 Å². The maximum atomic E-state index is 5.35. The number of aromatic nitrogens is 1. The van der Waals surface area contributed by atoms with E-state index in [0.29, 0.717) is 6.04 Å². The van der Waals surface area contributed by atoms with E-state index in [1.807, 2.05) is 18.3 Å². The molecule has 0 bridgehead atoms. The van der Waals surface area contributed by atoms with E-state index < -0.39 is 0 Å². The molecule has 3 rings (SSSR count). The highest BCUT2D eigenvalue weighted by Crippen LogP contribution is 2.22. The monoisotopic (exact) mass is 410 g/mol. The number of nitrogens with one attached hydrogen (secondary N) is 1. The molecule has 2 heterocycles. The van der Waals surface area contributed by atoms with Crippen LogP contribution >= 0.6 is 12.2 Å². The quantitative estimate of drug-likeness (QED) is 0.415. The van der Waals surface area contributed by atoms with Gasteiger partial charge in [-0.2, -0.15) is 5.10 Å². The molecule has 1 aliphatic heterocycles. The Morgan fingerprint density at radius 2 is 1.76 bits per heavy atom. The van der Waals surface area contributed by atoms with Gasteiger partial charge in [0.1, 0.15) is 5.82 Å². The highest BCUT2D eigenvalue weighted by Gasteiger charge is 2.22. The van der Waals surface area contributed by atoms with Gasteiger partial charge in [-0.25, -0.2) is 4.98 Å². The van der Waals surface area contributed by atoms with Gasteiger partial charge in [0.25, 0.3) is 0 Å². The molecule has 7 heteroatoms. The fourth-order valence-corrected chi connectivity index (χ4v) is 3.85. The number of benzene rings is 1. The molecule has 154 valence electrons. The second-order valence-corrected chi connectivity index (χ2v) is 7.69. The Morgan fingerprint density at radius 1 is 1.10 bits per heavy atom. The molecule has 0 radical (unpaired) electrons. The minimum Gasteiger partial charge on any atom is -0.375 e. The first-order valence-electron chi connectivity index (χ1n) is 10.2. The Balaban J connectivity index is 1.59. The summed E-state index contributed by atoms with van der Waals surface area (Å²) in [5.41, 5.74) is 11.1. The van der Waals surface area contributed by atoms with Crippen molar-refractivity contribution in [2.75, 3.05) is 31.1 Å². The standard InChI is InChI=1S/C22H30N6S/c1-3-20(4-2)27-11-13-28(14-12-27)21-10-9-19(16-24-21)18-7-5-17(6-8-18)15-25-26-22(23)29/h5-10,15-16,20H,3-4,11-14H2,1-2H3,(H3,23,26,29)/b25-15+. The molecule has 3 N–H and O–H groups in total. The predicted octanol–water partition coefficient (Wildman–Crippen LogP) is 3.23. The Labute approximate surface area is 178 Å². The smallest absolute Gasteiger partial charge is 0.184 e. The molecule has 0 aliphatic carbocycles. The number of thiocarbonyl (C=S) groups is 1. The zero-order valence-corrected chi connectivity index (χ0v) is 18.0. The summed E-state index contributed by atoms with van der Waals surface area (Å²) < 4.78 is 0. The Morgan fingerprint density at radius 3 is 2.31 bits per heavy atom. The summed E-state index contributed by atoms with van der Waals surface area (Å²) >= 11 is 4.72. The van der Waals surface area contributed by atoms with Crippen LogP contribution in [0.1, 0.15) is 32.3 Å². The Bertz CT molecular complexity index is 806. The number of piperazine rings is 1. The van der Waals surface area contributed by atoms with E-state index >= 15 is 0 Å². The molecule has 0 saturated carbocycles. The number of rotatable bonds is 7. The van der Waals surface area contributed by atoms with Crippen LogP contribution in [0.15, 0.2) is 47.7 Å². The van der Waals surface area contributed by atoms with Crippen molar-refractivity contribution in [2.45, 2.75) is 32.7 Å². The lowest BCUT2D eigenvalue weighted by Gasteiger charge is -2.39. The Hall–Kier alpha value is -2.51. The lowest BCUT2D eigenvalue weighted by atomic mass is 10.1. The van der Waals surface area contributed by atoms with Crippen LogP contribution in [0.3, 0.4) is 0 Å². The summed E-state index contributed by atoms with van der Waals surface area (Å²) in [6.45, 7) is 8.87. The molecule has 0 atom stereocenters. The highest BCUT2D eigenvalue weighted by atomic mass is 32.1. The number of hydrogen-bond donors (Lipinski definition) is 2. The molecule has 2 aromatic rings. The number of hydrogen-bond acceptors (Lipinski definition) is 5.